The Labute approximate surface area is 244 Å². The van der Waals surface area contributed by atoms with Gasteiger partial charge in [-0.15, -0.1) is 0 Å². The number of ether oxygens (including phenoxy) is 1. The molecule has 3 heteroatoms. The number of fused-ring (bicyclic) bond motifs is 10. The molecule has 0 aliphatic heterocycles. The van der Waals surface area contributed by atoms with Gasteiger partial charge in [0.25, 0.3) is 0 Å². The Morgan fingerprint density at radius 1 is 0.595 bits per heavy atom. The Balaban J connectivity index is 1.30. The van der Waals surface area contributed by atoms with Gasteiger partial charge in [-0.2, -0.15) is 0 Å². The average molecular weight is 544 g/mol. The maximum atomic E-state index is 12.7. The minimum Gasteiger partial charge on any atom is -0.465 e. The fourth-order valence-corrected chi connectivity index (χ4v) is 6.99. The van der Waals surface area contributed by atoms with Gasteiger partial charge in [-0.1, -0.05) is 92.7 Å². The number of methoxy groups -OCH3 is 1. The summed E-state index contributed by atoms with van der Waals surface area (Å²) in [6.07, 6.45) is 0. The predicted molar refractivity (Wildman–Crippen MR) is 175 cm³/mol. The van der Waals surface area contributed by atoms with E-state index in [-0.39, 0.29) is 11.4 Å². The molecular formula is C39H29NO2. The molecule has 0 saturated carbocycles. The van der Waals surface area contributed by atoms with Gasteiger partial charge < -0.3 is 10.1 Å². The van der Waals surface area contributed by atoms with E-state index in [0.717, 1.165) is 22.1 Å². The maximum Gasteiger partial charge on any atom is 0.339 e. The van der Waals surface area contributed by atoms with Gasteiger partial charge in [0, 0.05) is 11.1 Å². The molecule has 1 aliphatic rings. The number of hydrogen-bond donors (Lipinski definition) is 1. The van der Waals surface area contributed by atoms with Gasteiger partial charge in [0.05, 0.1) is 18.4 Å². The van der Waals surface area contributed by atoms with Crippen molar-refractivity contribution < 1.29 is 9.53 Å². The van der Waals surface area contributed by atoms with Gasteiger partial charge in [0.15, 0.2) is 0 Å². The molecule has 0 heterocycles. The SMILES string of the molecule is COC(=O)c1cc2ccccc2cc1Nc1ccc2c(c1)C(C)(C)c1cc3c4ccccc4c4ccccc4c3cc1-2. The molecule has 1 N–H and O–H groups in total. The first kappa shape index (κ1) is 24.6. The molecule has 42 heavy (non-hydrogen) atoms. The first-order valence-electron chi connectivity index (χ1n) is 14.3. The third kappa shape index (κ3) is 3.50. The molecule has 0 amide bonds. The largest absolute Gasteiger partial charge is 0.465 e. The minimum absolute atomic E-state index is 0.197. The van der Waals surface area contributed by atoms with Crippen LogP contribution in [0.2, 0.25) is 0 Å². The van der Waals surface area contributed by atoms with E-state index in [0.29, 0.717) is 5.56 Å². The van der Waals surface area contributed by atoms with Crippen LogP contribution in [-0.4, -0.2) is 13.1 Å². The van der Waals surface area contributed by atoms with Crippen molar-refractivity contribution >= 4 is 60.4 Å². The Kier molecular flexibility index (Phi) is 5.23. The lowest BCUT2D eigenvalue weighted by Gasteiger charge is -2.23. The van der Waals surface area contributed by atoms with E-state index in [2.05, 4.69) is 104 Å². The monoisotopic (exact) mass is 543 g/mol. The van der Waals surface area contributed by atoms with Crippen LogP contribution in [0.5, 0.6) is 0 Å². The summed E-state index contributed by atoms with van der Waals surface area (Å²) in [5.74, 6) is -0.358. The van der Waals surface area contributed by atoms with Gasteiger partial charge in [-0.25, -0.2) is 4.79 Å². The molecular weight excluding hydrogens is 514 g/mol. The highest BCUT2D eigenvalue weighted by atomic mass is 16.5. The van der Waals surface area contributed by atoms with E-state index in [9.17, 15) is 4.79 Å². The van der Waals surface area contributed by atoms with Gasteiger partial charge in [-0.3, -0.25) is 0 Å². The van der Waals surface area contributed by atoms with Crippen molar-refractivity contribution in [2.45, 2.75) is 19.3 Å². The molecule has 0 saturated heterocycles. The summed E-state index contributed by atoms with van der Waals surface area (Å²) in [7, 11) is 1.42. The average Bonchev–Trinajstić information content (AvgIpc) is 3.24. The molecule has 7 aromatic carbocycles. The number of rotatable bonds is 3. The van der Waals surface area contributed by atoms with Crippen LogP contribution in [0.3, 0.4) is 0 Å². The number of carbonyl (C=O) groups excluding carboxylic acids is 1. The Bertz CT molecular complexity index is 2260. The molecule has 202 valence electrons. The lowest BCUT2D eigenvalue weighted by molar-refractivity contribution is 0.0602. The molecule has 0 fully saturated rings. The first-order chi connectivity index (χ1) is 20.4. The molecule has 7 aromatic rings. The number of benzene rings is 7. The Hall–Kier alpha value is -5.15. The fraction of sp³-hybridized carbons (Fsp3) is 0.103. The molecule has 0 unspecified atom stereocenters. The summed E-state index contributed by atoms with van der Waals surface area (Å²) < 4.78 is 5.13. The van der Waals surface area contributed by atoms with E-state index in [1.165, 1.54) is 61.7 Å². The highest BCUT2D eigenvalue weighted by Gasteiger charge is 2.36. The van der Waals surface area contributed by atoms with Crippen LogP contribution in [0.25, 0.3) is 54.2 Å². The van der Waals surface area contributed by atoms with Crippen molar-refractivity contribution in [1.82, 2.24) is 0 Å². The predicted octanol–water partition coefficient (Wildman–Crippen LogP) is 10.1. The van der Waals surface area contributed by atoms with E-state index in [4.69, 9.17) is 4.74 Å². The number of esters is 1. The lowest BCUT2D eigenvalue weighted by Crippen LogP contribution is -2.15. The lowest BCUT2D eigenvalue weighted by atomic mass is 9.81. The van der Waals surface area contributed by atoms with Gasteiger partial charge in [-0.05, 0) is 102 Å². The number of hydrogen-bond acceptors (Lipinski definition) is 3. The number of carbonyl (C=O) groups is 1. The van der Waals surface area contributed by atoms with Crippen molar-refractivity contribution in [3.8, 4) is 11.1 Å². The van der Waals surface area contributed by atoms with Crippen molar-refractivity contribution in [2.75, 3.05) is 12.4 Å². The second kappa shape index (κ2) is 8.92. The van der Waals surface area contributed by atoms with Gasteiger partial charge in [0.1, 0.15) is 0 Å². The molecule has 1 aliphatic carbocycles. The third-order valence-electron chi connectivity index (χ3n) is 9.11. The maximum absolute atomic E-state index is 12.7. The highest BCUT2D eigenvalue weighted by Crippen LogP contribution is 2.52. The summed E-state index contributed by atoms with van der Waals surface area (Å²) in [5, 5.41) is 13.3. The summed E-state index contributed by atoms with van der Waals surface area (Å²) in [6, 6.07) is 40.9. The van der Waals surface area contributed by atoms with Crippen LogP contribution in [0.15, 0.2) is 115 Å². The molecule has 0 spiro atoms. The number of nitrogens with one attached hydrogen (secondary N) is 1. The normalized spacial score (nSPS) is 13.4. The van der Waals surface area contributed by atoms with E-state index >= 15 is 0 Å². The first-order valence-corrected chi connectivity index (χ1v) is 14.3. The highest BCUT2D eigenvalue weighted by molar-refractivity contribution is 6.26. The summed E-state index contributed by atoms with van der Waals surface area (Å²) in [5.41, 5.74) is 7.15. The zero-order valence-electron chi connectivity index (χ0n) is 23.8. The smallest absolute Gasteiger partial charge is 0.339 e. The molecule has 0 radical (unpaired) electrons. The van der Waals surface area contributed by atoms with Gasteiger partial charge >= 0.3 is 5.97 Å². The summed E-state index contributed by atoms with van der Waals surface area (Å²) in [6.45, 7) is 4.62. The van der Waals surface area contributed by atoms with Crippen molar-refractivity contribution in [3.63, 3.8) is 0 Å². The van der Waals surface area contributed by atoms with Gasteiger partial charge in [0.2, 0.25) is 0 Å². The second-order valence-corrected chi connectivity index (χ2v) is 11.8. The van der Waals surface area contributed by atoms with Crippen LogP contribution >= 0.6 is 0 Å². The second-order valence-electron chi connectivity index (χ2n) is 11.8. The van der Waals surface area contributed by atoms with E-state index < -0.39 is 0 Å². The zero-order chi connectivity index (χ0) is 28.6. The Morgan fingerprint density at radius 2 is 1.14 bits per heavy atom. The third-order valence-corrected chi connectivity index (χ3v) is 9.11. The van der Waals surface area contributed by atoms with Crippen LogP contribution in [0.4, 0.5) is 11.4 Å². The van der Waals surface area contributed by atoms with Crippen molar-refractivity contribution in [2.24, 2.45) is 0 Å². The zero-order valence-corrected chi connectivity index (χ0v) is 23.8. The molecule has 0 bridgehead atoms. The number of anilines is 2. The Morgan fingerprint density at radius 3 is 1.79 bits per heavy atom. The topological polar surface area (TPSA) is 38.3 Å². The summed E-state index contributed by atoms with van der Waals surface area (Å²) >= 11 is 0. The molecule has 0 aromatic heterocycles. The van der Waals surface area contributed by atoms with Crippen LogP contribution in [0, 0.1) is 0 Å². The van der Waals surface area contributed by atoms with Crippen molar-refractivity contribution in [3.05, 3.63) is 132 Å². The van der Waals surface area contributed by atoms with Crippen LogP contribution in [-0.2, 0) is 10.2 Å². The molecule has 0 atom stereocenters. The summed E-state index contributed by atoms with van der Waals surface area (Å²) in [4.78, 5) is 12.7. The molecule has 8 rings (SSSR count). The minimum atomic E-state index is -0.358. The van der Waals surface area contributed by atoms with Crippen LogP contribution in [0.1, 0.15) is 35.3 Å². The van der Waals surface area contributed by atoms with E-state index in [1.807, 2.05) is 30.3 Å². The van der Waals surface area contributed by atoms with E-state index in [1.54, 1.807) is 0 Å². The quantitative estimate of drug-likeness (QED) is 0.178. The standard InChI is InChI=1S/C39H29NO2/c1-39(2)35-20-25(40-37-19-24-11-5-4-10-23(24)18-34(37)38(41)42-3)16-17-30(35)33-21-31-28-14-8-6-12-26(28)27-13-7-9-15-29(27)32(31)22-36(33)39/h4-22,40H,1-3H3. The fourth-order valence-electron chi connectivity index (χ4n) is 6.99. The molecule has 3 nitrogen and oxygen atoms in total. The van der Waals surface area contributed by atoms with Crippen molar-refractivity contribution in [1.29, 1.82) is 0 Å². The van der Waals surface area contributed by atoms with Crippen LogP contribution < -0.4 is 5.32 Å².